The molecule has 1 amide bonds. The van der Waals surface area contributed by atoms with Gasteiger partial charge in [-0.25, -0.2) is 4.68 Å². The molecular formula is C21H25N5O4S. The fraction of sp³-hybridized carbons (Fsp3) is 0.333. The number of nitrogens with zero attached hydrogens (tertiary/aromatic N) is 5. The molecule has 9 nitrogen and oxygen atoms in total. The van der Waals surface area contributed by atoms with Crippen LogP contribution in [-0.4, -0.2) is 77.9 Å². The van der Waals surface area contributed by atoms with Crippen molar-refractivity contribution in [3.05, 3.63) is 60.0 Å². The van der Waals surface area contributed by atoms with Crippen LogP contribution in [0.2, 0.25) is 0 Å². The number of amides is 1. The Kier molecular flexibility index (Phi) is 5.69. The van der Waals surface area contributed by atoms with Gasteiger partial charge in [0.15, 0.2) is 5.76 Å². The van der Waals surface area contributed by atoms with Gasteiger partial charge in [0.05, 0.1) is 11.3 Å². The fourth-order valence-corrected chi connectivity index (χ4v) is 4.60. The van der Waals surface area contributed by atoms with E-state index in [0.29, 0.717) is 30.1 Å². The average Bonchev–Trinajstić information content (AvgIpc) is 3.40. The summed E-state index contributed by atoms with van der Waals surface area (Å²) in [5.41, 5.74) is 1.71. The highest BCUT2D eigenvalue weighted by Gasteiger charge is 2.32. The molecule has 0 unspecified atom stereocenters. The van der Waals surface area contributed by atoms with Crippen molar-refractivity contribution in [1.29, 1.82) is 0 Å². The third-order valence-electron chi connectivity index (χ3n) is 5.25. The zero-order valence-electron chi connectivity index (χ0n) is 17.7. The molecule has 31 heavy (non-hydrogen) atoms. The first-order chi connectivity index (χ1) is 14.8. The van der Waals surface area contributed by atoms with Crippen LogP contribution in [0.5, 0.6) is 0 Å². The summed E-state index contributed by atoms with van der Waals surface area (Å²) in [7, 11) is -0.492. The summed E-state index contributed by atoms with van der Waals surface area (Å²) in [6, 6.07) is 13.2. The van der Waals surface area contributed by atoms with Crippen molar-refractivity contribution in [3.8, 4) is 17.1 Å². The van der Waals surface area contributed by atoms with Crippen LogP contribution in [0.15, 0.2) is 53.1 Å². The third-order valence-corrected chi connectivity index (χ3v) is 7.19. The fourth-order valence-electron chi connectivity index (χ4n) is 3.51. The van der Waals surface area contributed by atoms with Crippen molar-refractivity contribution in [3.63, 3.8) is 0 Å². The molecule has 0 bridgehead atoms. The molecule has 1 aromatic carbocycles. The van der Waals surface area contributed by atoms with Gasteiger partial charge in [-0.05, 0) is 31.2 Å². The lowest BCUT2D eigenvalue weighted by atomic mass is 10.1. The van der Waals surface area contributed by atoms with Gasteiger partial charge in [-0.15, -0.1) is 0 Å². The van der Waals surface area contributed by atoms with Gasteiger partial charge in [0.25, 0.3) is 16.1 Å². The highest BCUT2D eigenvalue weighted by atomic mass is 32.2. The zero-order chi connectivity index (χ0) is 22.2. The van der Waals surface area contributed by atoms with Crippen LogP contribution in [0.25, 0.3) is 17.1 Å². The molecule has 4 rings (SSSR count). The lowest BCUT2D eigenvalue weighted by Crippen LogP contribution is -2.53. The molecule has 0 aliphatic carbocycles. The van der Waals surface area contributed by atoms with Crippen LogP contribution < -0.4 is 0 Å². The predicted molar refractivity (Wildman–Crippen MR) is 116 cm³/mol. The number of aromatic nitrogens is 2. The standard InChI is InChI=1S/C21H25N5O4S/c1-16-9-10-19(30-16)20-18(15-26(22-20)17-7-5-4-6-8-17)21(27)24-11-13-25(14-12-24)31(28,29)23(2)3/h4-10,15H,11-14H2,1-3H3. The second-order valence-corrected chi connectivity index (χ2v) is 9.71. The van der Waals surface area contributed by atoms with Gasteiger partial charge in [-0.2, -0.15) is 22.1 Å². The first-order valence-electron chi connectivity index (χ1n) is 9.96. The van der Waals surface area contributed by atoms with E-state index in [1.807, 2.05) is 43.3 Å². The third kappa shape index (κ3) is 4.14. The number of piperazine rings is 1. The highest BCUT2D eigenvalue weighted by Crippen LogP contribution is 2.27. The van der Waals surface area contributed by atoms with Crippen LogP contribution in [0.4, 0.5) is 0 Å². The minimum absolute atomic E-state index is 0.201. The van der Waals surface area contributed by atoms with Crippen molar-refractivity contribution in [1.82, 2.24) is 23.3 Å². The number of carbonyl (C=O) groups is 1. The molecule has 3 aromatic rings. The lowest BCUT2D eigenvalue weighted by Gasteiger charge is -2.35. The van der Waals surface area contributed by atoms with Crippen LogP contribution in [-0.2, 0) is 10.2 Å². The van der Waals surface area contributed by atoms with Crippen molar-refractivity contribution < 1.29 is 17.6 Å². The normalized spacial score (nSPS) is 15.5. The summed E-state index contributed by atoms with van der Waals surface area (Å²) in [6.07, 6.45) is 1.70. The van der Waals surface area contributed by atoms with Crippen molar-refractivity contribution in [2.24, 2.45) is 0 Å². The van der Waals surface area contributed by atoms with Crippen molar-refractivity contribution in [2.45, 2.75) is 6.92 Å². The van der Waals surface area contributed by atoms with E-state index in [4.69, 9.17) is 4.42 Å². The highest BCUT2D eigenvalue weighted by molar-refractivity contribution is 7.86. The zero-order valence-corrected chi connectivity index (χ0v) is 18.5. The maximum absolute atomic E-state index is 13.4. The average molecular weight is 444 g/mol. The molecule has 1 saturated heterocycles. The van der Waals surface area contributed by atoms with Gasteiger partial charge in [-0.3, -0.25) is 4.79 Å². The molecule has 10 heteroatoms. The van der Waals surface area contributed by atoms with E-state index in [1.54, 1.807) is 21.8 Å². The molecule has 0 saturated carbocycles. The Morgan fingerprint density at radius 3 is 2.29 bits per heavy atom. The van der Waals surface area contributed by atoms with E-state index < -0.39 is 10.2 Å². The van der Waals surface area contributed by atoms with Crippen LogP contribution in [0, 0.1) is 6.92 Å². The smallest absolute Gasteiger partial charge is 0.281 e. The topological polar surface area (TPSA) is 91.9 Å². The second-order valence-electron chi connectivity index (χ2n) is 7.56. The van der Waals surface area contributed by atoms with Gasteiger partial charge in [0, 0.05) is 46.5 Å². The predicted octanol–water partition coefficient (Wildman–Crippen LogP) is 2.00. The summed E-state index contributed by atoms with van der Waals surface area (Å²) in [4.78, 5) is 15.0. The molecule has 1 aliphatic heterocycles. The summed E-state index contributed by atoms with van der Waals surface area (Å²) in [5.74, 6) is 1.04. The molecular weight excluding hydrogens is 418 g/mol. The summed E-state index contributed by atoms with van der Waals surface area (Å²) in [6.45, 7) is 2.93. The van der Waals surface area contributed by atoms with Crippen molar-refractivity contribution >= 4 is 16.1 Å². The van der Waals surface area contributed by atoms with E-state index in [2.05, 4.69) is 5.10 Å². The monoisotopic (exact) mass is 443 g/mol. The molecule has 0 N–H and O–H groups in total. The van der Waals surface area contributed by atoms with E-state index in [1.165, 1.54) is 22.7 Å². The maximum Gasteiger partial charge on any atom is 0.281 e. The number of benzene rings is 1. The Hall–Kier alpha value is -2.95. The molecule has 0 atom stereocenters. The summed E-state index contributed by atoms with van der Waals surface area (Å²) >= 11 is 0. The first-order valence-corrected chi connectivity index (χ1v) is 11.4. The molecule has 2 aromatic heterocycles. The lowest BCUT2D eigenvalue weighted by molar-refractivity contribution is 0.0695. The molecule has 1 fully saturated rings. The number of furan rings is 1. The minimum Gasteiger partial charge on any atom is -0.460 e. The molecule has 164 valence electrons. The van der Waals surface area contributed by atoms with Crippen LogP contribution >= 0.6 is 0 Å². The Morgan fingerprint density at radius 1 is 1.03 bits per heavy atom. The van der Waals surface area contributed by atoms with E-state index >= 15 is 0 Å². The van der Waals surface area contributed by atoms with Gasteiger partial charge < -0.3 is 9.32 Å². The molecule has 0 radical (unpaired) electrons. The molecule has 1 aliphatic rings. The van der Waals surface area contributed by atoms with E-state index in [-0.39, 0.29) is 19.0 Å². The molecule has 0 spiro atoms. The first kappa shape index (κ1) is 21.3. The Balaban J connectivity index is 1.63. The number of hydrogen-bond donors (Lipinski definition) is 0. The SMILES string of the molecule is Cc1ccc(-c2nn(-c3ccccc3)cc2C(=O)N2CCN(S(=O)(=O)N(C)C)CC2)o1. The quantitative estimate of drug-likeness (QED) is 0.602. The Bertz CT molecular complexity index is 1180. The summed E-state index contributed by atoms with van der Waals surface area (Å²) in [5, 5.41) is 4.62. The van der Waals surface area contributed by atoms with Gasteiger partial charge in [0.2, 0.25) is 0 Å². The number of para-hydroxylation sites is 1. The number of hydrogen-bond acceptors (Lipinski definition) is 5. The minimum atomic E-state index is -3.50. The Labute approximate surface area is 181 Å². The number of rotatable bonds is 5. The Morgan fingerprint density at radius 2 is 1.71 bits per heavy atom. The molecule has 3 heterocycles. The van der Waals surface area contributed by atoms with Crippen LogP contribution in [0.3, 0.4) is 0 Å². The van der Waals surface area contributed by atoms with Crippen LogP contribution in [0.1, 0.15) is 16.1 Å². The van der Waals surface area contributed by atoms with Gasteiger partial charge in [-0.1, -0.05) is 18.2 Å². The number of aryl methyl sites for hydroxylation is 1. The van der Waals surface area contributed by atoms with Gasteiger partial charge >= 0.3 is 0 Å². The van der Waals surface area contributed by atoms with E-state index in [9.17, 15) is 13.2 Å². The summed E-state index contributed by atoms with van der Waals surface area (Å²) < 4.78 is 34.7. The van der Waals surface area contributed by atoms with Crippen molar-refractivity contribution in [2.75, 3.05) is 40.3 Å². The second kappa shape index (κ2) is 8.29. The van der Waals surface area contributed by atoms with E-state index in [0.717, 1.165) is 11.4 Å². The largest absolute Gasteiger partial charge is 0.460 e. The number of carbonyl (C=O) groups excluding carboxylic acids is 1. The maximum atomic E-state index is 13.4. The van der Waals surface area contributed by atoms with Gasteiger partial charge in [0.1, 0.15) is 11.5 Å².